The Hall–Kier alpha value is -2.33. The number of anilines is 1. The number of hydrogen-bond acceptors (Lipinski definition) is 3. The Bertz CT molecular complexity index is 675. The molecular formula is C22H28N2O2. The molecule has 2 aromatic rings. The number of para-hydroxylation sites is 1. The molecule has 0 bridgehead atoms. The number of amides is 1. The Balaban J connectivity index is 1.64. The molecule has 1 N–H and O–H groups in total. The molecular weight excluding hydrogens is 324 g/mol. The molecule has 1 heterocycles. The van der Waals surface area contributed by atoms with Gasteiger partial charge in [0, 0.05) is 24.7 Å². The van der Waals surface area contributed by atoms with Crippen molar-refractivity contribution >= 4 is 11.8 Å². The second-order valence-electron chi connectivity index (χ2n) is 7.05. The number of carbonyl (C=O) groups is 1. The minimum absolute atomic E-state index is 0.165. The van der Waals surface area contributed by atoms with Gasteiger partial charge >= 0.3 is 6.09 Å². The summed E-state index contributed by atoms with van der Waals surface area (Å²) in [7, 11) is 0. The summed E-state index contributed by atoms with van der Waals surface area (Å²) in [5, 5.41) is 2.83. The summed E-state index contributed by atoms with van der Waals surface area (Å²) in [6.07, 6.45) is 3.90. The maximum absolute atomic E-state index is 12.4. The van der Waals surface area contributed by atoms with Crippen LogP contribution in [0.1, 0.15) is 31.7 Å². The van der Waals surface area contributed by atoms with Crippen molar-refractivity contribution < 1.29 is 9.53 Å². The largest absolute Gasteiger partial charge is 0.444 e. The minimum Gasteiger partial charge on any atom is -0.444 e. The average molecular weight is 352 g/mol. The zero-order valence-corrected chi connectivity index (χ0v) is 15.4. The summed E-state index contributed by atoms with van der Waals surface area (Å²) in [5.74, 6) is 0. The van der Waals surface area contributed by atoms with E-state index < -0.39 is 0 Å². The first-order valence-corrected chi connectivity index (χ1v) is 9.51. The molecule has 1 aliphatic heterocycles. The average Bonchev–Trinajstić information content (AvgIpc) is 2.65. The fourth-order valence-electron chi connectivity index (χ4n) is 3.53. The van der Waals surface area contributed by atoms with Gasteiger partial charge in [0.15, 0.2) is 0 Å². The van der Waals surface area contributed by atoms with Crippen LogP contribution in [0.5, 0.6) is 0 Å². The van der Waals surface area contributed by atoms with Gasteiger partial charge in [-0.2, -0.15) is 0 Å². The van der Waals surface area contributed by atoms with Crippen molar-refractivity contribution in [2.45, 2.75) is 44.8 Å². The maximum Gasteiger partial charge on any atom is 0.411 e. The fourth-order valence-corrected chi connectivity index (χ4v) is 3.53. The SMILES string of the molecule is CC1CCCCN1CC(Cc1ccccc1)OC(=O)Nc1ccccc1. The third kappa shape index (κ3) is 5.60. The molecule has 0 radical (unpaired) electrons. The second-order valence-corrected chi connectivity index (χ2v) is 7.05. The predicted octanol–water partition coefficient (Wildman–Crippen LogP) is 4.72. The summed E-state index contributed by atoms with van der Waals surface area (Å²) >= 11 is 0. The van der Waals surface area contributed by atoms with E-state index in [1.807, 2.05) is 48.5 Å². The molecule has 2 aromatic carbocycles. The highest BCUT2D eigenvalue weighted by Gasteiger charge is 2.24. The molecule has 2 unspecified atom stereocenters. The van der Waals surface area contributed by atoms with Crippen LogP contribution in [0.4, 0.5) is 10.5 Å². The van der Waals surface area contributed by atoms with Crippen LogP contribution in [0.25, 0.3) is 0 Å². The van der Waals surface area contributed by atoms with E-state index in [-0.39, 0.29) is 12.2 Å². The van der Waals surface area contributed by atoms with Gasteiger partial charge < -0.3 is 4.74 Å². The van der Waals surface area contributed by atoms with E-state index in [2.05, 4.69) is 29.3 Å². The monoisotopic (exact) mass is 352 g/mol. The van der Waals surface area contributed by atoms with Gasteiger partial charge in [-0.25, -0.2) is 4.79 Å². The van der Waals surface area contributed by atoms with E-state index in [9.17, 15) is 4.79 Å². The van der Waals surface area contributed by atoms with Gasteiger partial charge in [-0.1, -0.05) is 55.0 Å². The van der Waals surface area contributed by atoms with Crippen LogP contribution in [0.15, 0.2) is 60.7 Å². The molecule has 0 aromatic heterocycles. The fraction of sp³-hybridized carbons (Fsp3) is 0.409. The number of piperidine rings is 1. The van der Waals surface area contributed by atoms with Crippen molar-refractivity contribution in [2.24, 2.45) is 0 Å². The van der Waals surface area contributed by atoms with Crippen molar-refractivity contribution in [3.8, 4) is 0 Å². The molecule has 3 rings (SSSR count). The van der Waals surface area contributed by atoms with Crippen molar-refractivity contribution in [3.63, 3.8) is 0 Å². The molecule has 1 aliphatic rings. The van der Waals surface area contributed by atoms with Crippen molar-refractivity contribution in [3.05, 3.63) is 66.2 Å². The van der Waals surface area contributed by atoms with Gasteiger partial charge in [0.1, 0.15) is 6.10 Å². The van der Waals surface area contributed by atoms with Crippen LogP contribution >= 0.6 is 0 Å². The number of nitrogens with one attached hydrogen (secondary N) is 1. The molecule has 0 aliphatic carbocycles. The molecule has 1 fully saturated rings. The Labute approximate surface area is 156 Å². The number of likely N-dealkylation sites (tertiary alicyclic amines) is 1. The van der Waals surface area contributed by atoms with Gasteiger partial charge in [0.25, 0.3) is 0 Å². The second kappa shape index (κ2) is 9.39. The molecule has 4 heteroatoms. The summed E-state index contributed by atoms with van der Waals surface area (Å²) in [6.45, 7) is 4.12. The minimum atomic E-state index is -0.387. The van der Waals surface area contributed by atoms with E-state index >= 15 is 0 Å². The molecule has 1 saturated heterocycles. The van der Waals surface area contributed by atoms with Gasteiger partial charge in [-0.3, -0.25) is 10.2 Å². The summed E-state index contributed by atoms with van der Waals surface area (Å²) in [4.78, 5) is 14.8. The summed E-state index contributed by atoms with van der Waals surface area (Å²) < 4.78 is 5.82. The Morgan fingerprint density at radius 2 is 1.81 bits per heavy atom. The number of rotatable bonds is 6. The molecule has 2 atom stereocenters. The Kier molecular flexibility index (Phi) is 6.67. The van der Waals surface area contributed by atoms with E-state index in [4.69, 9.17) is 4.74 Å². The zero-order chi connectivity index (χ0) is 18.2. The third-order valence-corrected chi connectivity index (χ3v) is 4.98. The lowest BCUT2D eigenvalue weighted by Crippen LogP contribution is -2.44. The summed E-state index contributed by atoms with van der Waals surface area (Å²) in [5.41, 5.74) is 1.94. The van der Waals surface area contributed by atoms with Crippen molar-refractivity contribution in [1.82, 2.24) is 4.90 Å². The van der Waals surface area contributed by atoms with Gasteiger partial charge in [-0.15, -0.1) is 0 Å². The van der Waals surface area contributed by atoms with Gasteiger partial charge in [0.2, 0.25) is 0 Å². The lowest BCUT2D eigenvalue weighted by molar-refractivity contribution is 0.0557. The third-order valence-electron chi connectivity index (χ3n) is 4.98. The molecule has 138 valence electrons. The zero-order valence-electron chi connectivity index (χ0n) is 15.4. The lowest BCUT2D eigenvalue weighted by atomic mass is 10.0. The normalized spacial score (nSPS) is 18.9. The number of ether oxygens (including phenoxy) is 1. The first-order valence-electron chi connectivity index (χ1n) is 9.51. The lowest BCUT2D eigenvalue weighted by Gasteiger charge is -2.35. The topological polar surface area (TPSA) is 41.6 Å². The number of nitrogens with zero attached hydrogens (tertiary/aromatic N) is 1. The molecule has 0 spiro atoms. The molecule has 26 heavy (non-hydrogen) atoms. The molecule has 0 saturated carbocycles. The van der Waals surface area contributed by atoms with Crippen LogP contribution in [0, 0.1) is 0 Å². The predicted molar refractivity (Wildman–Crippen MR) is 105 cm³/mol. The van der Waals surface area contributed by atoms with E-state index in [0.29, 0.717) is 6.04 Å². The van der Waals surface area contributed by atoms with Crippen LogP contribution in [0.2, 0.25) is 0 Å². The highest BCUT2D eigenvalue weighted by atomic mass is 16.6. The first kappa shape index (κ1) is 18.5. The van der Waals surface area contributed by atoms with E-state index in [0.717, 1.165) is 25.2 Å². The molecule has 1 amide bonds. The highest BCUT2D eigenvalue weighted by Crippen LogP contribution is 2.19. The van der Waals surface area contributed by atoms with Crippen molar-refractivity contribution in [1.29, 1.82) is 0 Å². The van der Waals surface area contributed by atoms with Gasteiger partial charge in [0.05, 0.1) is 0 Å². The maximum atomic E-state index is 12.4. The smallest absolute Gasteiger partial charge is 0.411 e. The molecule has 4 nitrogen and oxygen atoms in total. The van der Waals surface area contributed by atoms with Crippen molar-refractivity contribution in [2.75, 3.05) is 18.4 Å². The number of benzene rings is 2. The van der Waals surface area contributed by atoms with Crippen LogP contribution in [0.3, 0.4) is 0 Å². The number of hydrogen-bond donors (Lipinski definition) is 1. The van der Waals surface area contributed by atoms with E-state index in [1.165, 1.54) is 24.8 Å². The van der Waals surface area contributed by atoms with Gasteiger partial charge in [-0.05, 0) is 44.0 Å². The quantitative estimate of drug-likeness (QED) is 0.818. The highest BCUT2D eigenvalue weighted by molar-refractivity contribution is 5.84. The van der Waals surface area contributed by atoms with Crippen LogP contribution < -0.4 is 5.32 Å². The summed E-state index contributed by atoms with van der Waals surface area (Å²) in [6, 6.07) is 20.2. The standard InChI is InChI=1S/C22H28N2O2/c1-18-10-8-9-15-24(18)17-21(16-19-11-4-2-5-12-19)26-22(25)23-20-13-6-3-7-14-20/h2-7,11-14,18,21H,8-10,15-17H2,1H3,(H,23,25). The van der Waals surface area contributed by atoms with Crippen LogP contribution in [-0.2, 0) is 11.2 Å². The Morgan fingerprint density at radius 1 is 1.12 bits per heavy atom. The number of carbonyl (C=O) groups excluding carboxylic acids is 1. The first-order chi connectivity index (χ1) is 12.7. The Morgan fingerprint density at radius 3 is 2.50 bits per heavy atom. The van der Waals surface area contributed by atoms with Crippen LogP contribution in [-0.4, -0.2) is 36.2 Å². The van der Waals surface area contributed by atoms with E-state index in [1.54, 1.807) is 0 Å².